The third-order valence-corrected chi connectivity index (χ3v) is 3.65. The van der Waals surface area contributed by atoms with Crippen LogP contribution in [-0.2, 0) is 4.74 Å². The molecule has 0 aliphatic carbocycles. The van der Waals surface area contributed by atoms with Gasteiger partial charge in [-0.1, -0.05) is 6.92 Å². The first-order valence-electron chi connectivity index (χ1n) is 7.82. The van der Waals surface area contributed by atoms with Crippen molar-refractivity contribution >= 4 is 11.6 Å². The SMILES string of the molecule is CCCNc1ncnc(NC(C)CN2CCOCC2)c1C. The molecule has 1 aliphatic heterocycles. The molecule has 118 valence electrons. The molecule has 0 spiro atoms. The molecular weight excluding hydrogens is 266 g/mol. The molecule has 1 aromatic rings. The lowest BCUT2D eigenvalue weighted by atomic mass is 10.2. The molecule has 0 bridgehead atoms. The summed E-state index contributed by atoms with van der Waals surface area (Å²) in [6.07, 6.45) is 2.70. The Morgan fingerprint density at radius 1 is 1.29 bits per heavy atom. The third-order valence-electron chi connectivity index (χ3n) is 3.65. The van der Waals surface area contributed by atoms with Gasteiger partial charge in [-0.15, -0.1) is 0 Å². The maximum Gasteiger partial charge on any atom is 0.134 e. The standard InChI is InChI=1S/C15H27N5O/c1-4-5-16-14-13(3)15(18-11-17-14)19-12(2)10-20-6-8-21-9-7-20/h11-12H,4-10H2,1-3H3,(H2,16,17,18,19). The zero-order chi connectivity index (χ0) is 15.1. The summed E-state index contributed by atoms with van der Waals surface area (Å²) in [6, 6.07) is 0.343. The maximum absolute atomic E-state index is 5.38. The van der Waals surface area contributed by atoms with Crippen molar-refractivity contribution in [3.05, 3.63) is 11.9 Å². The molecule has 1 saturated heterocycles. The number of aromatic nitrogens is 2. The Kier molecular flexibility index (Phi) is 6.20. The Hall–Kier alpha value is -1.40. The van der Waals surface area contributed by atoms with Gasteiger partial charge < -0.3 is 15.4 Å². The monoisotopic (exact) mass is 293 g/mol. The van der Waals surface area contributed by atoms with E-state index in [4.69, 9.17) is 4.74 Å². The first-order valence-corrected chi connectivity index (χ1v) is 7.82. The molecule has 0 amide bonds. The summed E-state index contributed by atoms with van der Waals surface area (Å²) in [5, 5.41) is 6.84. The van der Waals surface area contributed by atoms with Gasteiger partial charge in [0.05, 0.1) is 13.2 Å². The average Bonchev–Trinajstić information content (AvgIpc) is 2.49. The van der Waals surface area contributed by atoms with Crippen LogP contribution in [0.5, 0.6) is 0 Å². The fourth-order valence-corrected chi connectivity index (χ4v) is 2.47. The largest absolute Gasteiger partial charge is 0.379 e. The van der Waals surface area contributed by atoms with Gasteiger partial charge >= 0.3 is 0 Å². The van der Waals surface area contributed by atoms with E-state index in [2.05, 4.69) is 46.3 Å². The van der Waals surface area contributed by atoms with Crippen molar-refractivity contribution in [2.75, 3.05) is 50.0 Å². The summed E-state index contributed by atoms with van der Waals surface area (Å²) in [5.41, 5.74) is 1.08. The van der Waals surface area contributed by atoms with Crippen LogP contribution in [0.25, 0.3) is 0 Å². The number of anilines is 2. The minimum absolute atomic E-state index is 0.343. The molecule has 21 heavy (non-hydrogen) atoms. The van der Waals surface area contributed by atoms with Gasteiger partial charge in [-0.25, -0.2) is 9.97 Å². The summed E-state index contributed by atoms with van der Waals surface area (Å²) in [6.45, 7) is 12.0. The summed E-state index contributed by atoms with van der Waals surface area (Å²) < 4.78 is 5.38. The Morgan fingerprint density at radius 3 is 2.71 bits per heavy atom. The minimum atomic E-state index is 0.343. The highest BCUT2D eigenvalue weighted by molar-refractivity contribution is 5.56. The van der Waals surface area contributed by atoms with Gasteiger partial charge in [0.15, 0.2) is 0 Å². The fraction of sp³-hybridized carbons (Fsp3) is 0.733. The number of hydrogen-bond acceptors (Lipinski definition) is 6. The lowest BCUT2D eigenvalue weighted by Gasteiger charge is -2.29. The smallest absolute Gasteiger partial charge is 0.134 e. The third kappa shape index (κ3) is 4.82. The van der Waals surface area contributed by atoms with Crippen molar-refractivity contribution in [1.82, 2.24) is 14.9 Å². The maximum atomic E-state index is 5.38. The Labute approximate surface area is 127 Å². The van der Waals surface area contributed by atoms with E-state index in [0.717, 1.165) is 63.0 Å². The number of nitrogens with one attached hydrogen (secondary N) is 2. The second-order valence-corrected chi connectivity index (χ2v) is 5.58. The molecule has 2 N–H and O–H groups in total. The fourth-order valence-electron chi connectivity index (χ4n) is 2.47. The van der Waals surface area contributed by atoms with Gasteiger partial charge in [-0.3, -0.25) is 4.90 Å². The number of hydrogen-bond donors (Lipinski definition) is 2. The lowest BCUT2D eigenvalue weighted by molar-refractivity contribution is 0.0368. The van der Waals surface area contributed by atoms with E-state index in [1.807, 2.05) is 0 Å². The topological polar surface area (TPSA) is 62.3 Å². The van der Waals surface area contributed by atoms with Gasteiger partial charge in [-0.2, -0.15) is 0 Å². The van der Waals surface area contributed by atoms with Crippen molar-refractivity contribution in [3.8, 4) is 0 Å². The van der Waals surface area contributed by atoms with E-state index >= 15 is 0 Å². The molecule has 6 heteroatoms. The zero-order valence-electron chi connectivity index (χ0n) is 13.4. The van der Waals surface area contributed by atoms with Crippen LogP contribution in [0.15, 0.2) is 6.33 Å². The molecule has 1 aromatic heterocycles. The zero-order valence-corrected chi connectivity index (χ0v) is 13.4. The van der Waals surface area contributed by atoms with Gasteiger partial charge in [-0.05, 0) is 20.3 Å². The van der Waals surface area contributed by atoms with Crippen molar-refractivity contribution in [3.63, 3.8) is 0 Å². The molecule has 0 saturated carbocycles. The molecule has 1 unspecified atom stereocenters. The van der Waals surface area contributed by atoms with Crippen molar-refractivity contribution < 1.29 is 4.74 Å². The highest BCUT2D eigenvalue weighted by Gasteiger charge is 2.15. The number of ether oxygens (including phenoxy) is 1. The van der Waals surface area contributed by atoms with E-state index in [0.29, 0.717) is 6.04 Å². The van der Waals surface area contributed by atoms with Gasteiger partial charge in [0, 0.05) is 37.8 Å². The van der Waals surface area contributed by atoms with Crippen LogP contribution in [0.4, 0.5) is 11.6 Å². The molecule has 6 nitrogen and oxygen atoms in total. The molecular formula is C15H27N5O. The highest BCUT2D eigenvalue weighted by Crippen LogP contribution is 2.19. The van der Waals surface area contributed by atoms with Crippen LogP contribution in [0.3, 0.4) is 0 Å². The van der Waals surface area contributed by atoms with Gasteiger partial charge in [0.25, 0.3) is 0 Å². The number of nitrogens with zero attached hydrogens (tertiary/aromatic N) is 3. The quantitative estimate of drug-likeness (QED) is 0.798. The van der Waals surface area contributed by atoms with Gasteiger partial charge in [0.2, 0.25) is 0 Å². The van der Waals surface area contributed by atoms with E-state index in [1.165, 1.54) is 0 Å². The first-order chi connectivity index (χ1) is 10.2. The molecule has 0 radical (unpaired) electrons. The summed E-state index contributed by atoms with van der Waals surface area (Å²) in [7, 11) is 0. The average molecular weight is 293 g/mol. The van der Waals surface area contributed by atoms with Crippen LogP contribution in [0.1, 0.15) is 25.8 Å². The number of rotatable bonds is 7. The van der Waals surface area contributed by atoms with Crippen molar-refractivity contribution in [2.24, 2.45) is 0 Å². The summed E-state index contributed by atoms with van der Waals surface area (Å²) >= 11 is 0. The van der Waals surface area contributed by atoms with Crippen LogP contribution in [0.2, 0.25) is 0 Å². The molecule has 2 rings (SSSR count). The summed E-state index contributed by atoms with van der Waals surface area (Å²) in [4.78, 5) is 11.1. The molecule has 0 aromatic carbocycles. The Balaban J connectivity index is 1.91. The molecule has 1 atom stereocenters. The van der Waals surface area contributed by atoms with Crippen molar-refractivity contribution in [2.45, 2.75) is 33.2 Å². The van der Waals surface area contributed by atoms with Crippen LogP contribution in [0, 0.1) is 6.92 Å². The predicted octanol–water partition coefficient (Wildman–Crippen LogP) is 1.74. The van der Waals surface area contributed by atoms with Crippen LogP contribution < -0.4 is 10.6 Å². The lowest BCUT2D eigenvalue weighted by Crippen LogP contribution is -2.42. The van der Waals surface area contributed by atoms with E-state index in [9.17, 15) is 0 Å². The second-order valence-electron chi connectivity index (χ2n) is 5.58. The van der Waals surface area contributed by atoms with E-state index in [1.54, 1.807) is 6.33 Å². The molecule has 1 fully saturated rings. The summed E-state index contributed by atoms with van der Waals surface area (Å²) in [5.74, 6) is 1.84. The van der Waals surface area contributed by atoms with Crippen LogP contribution >= 0.6 is 0 Å². The van der Waals surface area contributed by atoms with Crippen molar-refractivity contribution in [1.29, 1.82) is 0 Å². The minimum Gasteiger partial charge on any atom is -0.379 e. The molecule has 2 heterocycles. The second kappa shape index (κ2) is 8.14. The van der Waals surface area contributed by atoms with Gasteiger partial charge in [0.1, 0.15) is 18.0 Å². The predicted molar refractivity (Wildman–Crippen MR) is 85.9 cm³/mol. The van der Waals surface area contributed by atoms with E-state index < -0.39 is 0 Å². The van der Waals surface area contributed by atoms with Crippen LogP contribution in [-0.4, -0.2) is 60.3 Å². The van der Waals surface area contributed by atoms with E-state index in [-0.39, 0.29) is 0 Å². The highest BCUT2D eigenvalue weighted by atomic mass is 16.5. The Morgan fingerprint density at radius 2 is 2.00 bits per heavy atom. The first kappa shape index (κ1) is 16.0. The normalized spacial score (nSPS) is 17.5. The molecule has 1 aliphatic rings. The number of morpholine rings is 1. The Bertz CT molecular complexity index is 434.